The van der Waals surface area contributed by atoms with E-state index < -0.39 is 0 Å². The maximum Gasteiger partial charge on any atom is 0.219 e. The minimum absolute atomic E-state index is 0.0988. The number of ketones is 1. The first kappa shape index (κ1) is 26.3. The molecule has 1 aliphatic carbocycles. The molecule has 0 bridgehead atoms. The molecule has 0 spiro atoms. The fourth-order valence-electron chi connectivity index (χ4n) is 4.30. The highest BCUT2D eigenvalue weighted by Crippen LogP contribution is 2.31. The monoisotopic (exact) mass is 449 g/mol. The van der Waals surface area contributed by atoms with Crippen LogP contribution in [-0.4, -0.2) is 27.9 Å². The van der Waals surface area contributed by atoms with Gasteiger partial charge >= 0.3 is 0 Å². The van der Waals surface area contributed by atoms with Gasteiger partial charge in [-0.05, 0) is 80.3 Å². The number of carbonyl (C=O) groups is 2. The summed E-state index contributed by atoms with van der Waals surface area (Å²) in [4.78, 5) is 22.4. The van der Waals surface area contributed by atoms with E-state index in [0.717, 1.165) is 33.5 Å². The van der Waals surface area contributed by atoms with E-state index in [1.165, 1.54) is 30.4 Å². The Hall–Kier alpha value is -2.95. The molecule has 1 fully saturated rings. The van der Waals surface area contributed by atoms with Crippen molar-refractivity contribution in [2.75, 3.05) is 0 Å². The molecule has 1 aliphatic rings. The Labute approximate surface area is 198 Å². The number of rotatable bonds is 4. The number of benzene rings is 2. The van der Waals surface area contributed by atoms with Gasteiger partial charge in [0, 0.05) is 23.4 Å². The van der Waals surface area contributed by atoms with Crippen molar-refractivity contribution in [2.24, 2.45) is 5.92 Å². The minimum Gasteiger partial charge on any atom is -0.353 e. The molecule has 0 unspecified atom stereocenters. The molecule has 2 aromatic carbocycles. The van der Waals surface area contributed by atoms with Gasteiger partial charge in [-0.25, -0.2) is 0 Å². The van der Waals surface area contributed by atoms with Gasteiger partial charge in [0.1, 0.15) is 0 Å². The summed E-state index contributed by atoms with van der Waals surface area (Å²) in [6, 6.07) is 10.5. The zero-order valence-corrected chi connectivity index (χ0v) is 21.2. The highest BCUT2D eigenvalue weighted by atomic mass is 16.1. The fraction of sp³-hybridized carbons (Fsp3) is 0.464. The van der Waals surface area contributed by atoms with Crippen LogP contribution in [0.3, 0.4) is 0 Å². The van der Waals surface area contributed by atoms with Crippen LogP contribution in [0.25, 0.3) is 22.0 Å². The summed E-state index contributed by atoms with van der Waals surface area (Å²) < 4.78 is 0. The van der Waals surface area contributed by atoms with Crippen molar-refractivity contribution in [1.29, 1.82) is 0 Å². The van der Waals surface area contributed by atoms with Crippen LogP contribution < -0.4 is 5.32 Å². The van der Waals surface area contributed by atoms with E-state index in [9.17, 15) is 9.59 Å². The minimum atomic E-state index is 0.0988. The van der Waals surface area contributed by atoms with E-state index in [-0.39, 0.29) is 11.7 Å². The molecule has 2 N–H and O–H groups in total. The molecule has 1 heterocycles. The molecule has 4 rings (SSSR count). The second-order valence-electron chi connectivity index (χ2n) is 8.69. The third-order valence-corrected chi connectivity index (χ3v) is 6.20. The predicted octanol–water partition coefficient (Wildman–Crippen LogP) is 6.78. The fourth-order valence-corrected chi connectivity index (χ4v) is 4.30. The first-order valence-electron chi connectivity index (χ1n) is 12.1. The quantitative estimate of drug-likeness (QED) is 0.431. The molecule has 1 amide bonds. The summed E-state index contributed by atoms with van der Waals surface area (Å²) in [5.41, 5.74) is 6.47. The van der Waals surface area contributed by atoms with Gasteiger partial charge < -0.3 is 5.32 Å². The number of Topliss-reactive ketones (excluding diaryl/α,β-unsaturated/α-hetero) is 1. The summed E-state index contributed by atoms with van der Waals surface area (Å²) in [5.74, 6) is 1.10. The highest BCUT2D eigenvalue weighted by molar-refractivity contribution is 5.95. The van der Waals surface area contributed by atoms with E-state index in [0.29, 0.717) is 12.5 Å². The summed E-state index contributed by atoms with van der Waals surface area (Å²) in [6.07, 6.45) is 6.09. The number of nitrogens with one attached hydrogen (secondary N) is 2. The second kappa shape index (κ2) is 12.3. The van der Waals surface area contributed by atoms with E-state index in [1.54, 1.807) is 6.92 Å². The lowest BCUT2D eigenvalue weighted by molar-refractivity contribution is -0.121. The number of amides is 1. The first-order chi connectivity index (χ1) is 15.8. The molecule has 2 atom stereocenters. The lowest BCUT2D eigenvalue weighted by Crippen LogP contribution is -2.32. The Morgan fingerprint density at radius 2 is 1.79 bits per heavy atom. The number of fused-ring (bicyclic) bond motifs is 1. The number of hydrogen-bond donors (Lipinski definition) is 2. The van der Waals surface area contributed by atoms with E-state index in [1.807, 2.05) is 58.2 Å². The van der Waals surface area contributed by atoms with Crippen LogP contribution in [-0.2, 0) is 4.79 Å². The normalized spacial score (nSPS) is 16.9. The van der Waals surface area contributed by atoms with Crippen LogP contribution in [0.15, 0.2) is 36.5 Å². The number of aromatic nitrogens is 2. The number of aryl methyl sites for hydroxylation is 2. The van der Waals surface area contributed by atoms with Crippen molar-refractivity contribution in [3.63, 3.8) is 0 Å². The van der Waals surface area contributed by atoms with Crippen molar-refractivity contribution in [1.82, 2.24) is 15.5 Å². The average Bonchev–Trinajstić information content (AvgIpc) is 3.45. The second-order valence-corrected chi connectivity index (χ2v) is 8.69. The van der Waals surface area contributed by atoms with Crippen molar-refractivity contribution < 1.29 is 9.59 Å². The Bertz CT molecular complexity index is 1080. The summed E-state index contributed by atoms with van der Waals surface area (Å²) in [7, 11) is 0. The largest absolute Gasteiger partial charge is 0.353 e. The standard InChI is InChI=1S/C17H16N2O.C9H17NO.C2H6/c1-10-8-13(12(3)20)4-5-14(10)15-6-7-17-16(11(15)2)9-18-19-17;1-3-9(11)10-8-5-4-7(2)6-8;1-2/h4-9H,1-3H3,(H,18,19);7-8H,3-6H2,1-2H3,(H,10,11);1-2H3/t;7-,8+;/m.1./s1. The van der Waals surface area contributed by atoms with E-state index >= 15 is 0 Å². The molecule has 5 nitrogen and oxygen atoms in total. The SMILES string of the molecule is CC.CC(=O)c1ccc(-c2ccc3[nH]ncc3c2C)c(C)c1.CCC(=O)N[C@H]1CC[C@@H](C)C1. The zero-order chi connectivity index (χ0) is 24.5. The van der Waals surface area contributed by atoms with Gasteiger partial charge in [-0.3, -0.25) is 14.7 Å². The molecular formula is C28H39N3O2. The van der Waals surface area contributed by atoms with Crippen LogP contribution in [0.5, 0.6) is 0 Å². The Balaban J connectivity index is 0.000000252. The van der Waals surface area contributed by atoms with E-state index in [2.05, 4.69) is 35.4 Å². The third-order valence-electron chi connectivity index (χ3n) is 6.20. The maximum absolute atomic E-state index is 11.4. The molecule has 0 aliphatic heterocycles. The number of aromatic amines is 1. The van der Waals surface area contributed by atoms with Crippen LogP contribution in [0.1, 0.15) is 81.8 Å². The number of carbonyl (C=O) groups excluding carboxylic acids is 2. The number of nitrogens with zero attached hydrogens (tertiary/aromatic N) is 1. The van der Waals surface area contributed by atoms with E-state index in [4.69, 9.17) is 0 Å². The number of H-pyrrole nitrogens is 1. The van der Waals surface area contributed by atoms with Gasteiger partial charge in [0.05, 0.1) is 11.7 Å². The summed E-state index contributed by atoms with van der Waals surface area (Å²) >= 11 is 0. The number of hydrogen-bond acceptors (Lipinski definition) is 3. The lowest BCUT2D eigenvalue weighted by Gasteiger charge is -2.11. The average molecular weight is 450 g/mol. The predicted molar refractivity (Wildman–Crippen MR) is 138 cm³/mol. The molecule has 33 heavy (non-hydrogen) atoms. The molecule has 178 valence electrons. The topological polar surface area (TPSA) is 74.8 Å². The zero-order valence-electron chi connectivity index (χ0n) is 21.2. The Morgan fingerprint density at radius 3 is 2.36 bits per heavy atom. The third kappa shape index (κ3) is 6.77. The molecule has 0 saturated heterocycles. The van der Waals surface area contributed by atoms with Crippen molar-refractivity contribution in [3.05, 3.63) is 53.2 Å². The smallest absolute Gasteiger partial charge is 0.219 e. The molecule has 1 aromatic heterocycles. The molecule has 5 heteroatoms. The molecule has 3 aromatic rings. The van der Waals surface area contributed by atoms with Gasteiger partial charge in [0.25, 0.3) is 0 Å². The Kier molecular flexibility index (Phi) is 9.83. The van der Waals surface area contributed by atoms with Gasteiger partial charge in [-0.2, -0.15) is 5.10 Å². The Morgan fingerprint density at radius 1 is 1.09 bits per heavy atom. The van der Waals surface area contributed by atoms with Crippen molar-refractivity contribution in [2.45, 2.75) is 80.2 Å². The molecule has 0 radical (unpaired) electrons. The molecule has 1 saturated carbocycles. The van der Waals surface area contributed by atoms with Crippen molar-refractivity contribution >= 4 is 22.6 Å². The van der Waals surface area contributed by atoms with Crippen LogP contribution in [0.2, 0.25) is 0 Å². The van der Waals surface area contributed by atoms with Gasteiger partial charge in [0.15, 0.2) is 5.78 Å². The first-order valence-corrected chi connectivity index (χ1v) is 12.1. The summed E-state index contributed by atoms with van der Waals surface area (Å²) in [5, 5.41) is 11.2. The van der Waals surface area contributed by atoms with Crippen LogP contribution >= 0.6 is 0 Å². The van der Waals surface area contributed by atoms with Crippen LogP contribution in [0.4, 0.5) is 0 Å². The summed E-state index contributed by atoms with van der Waals surface area (Å²) in [6.45, 7) is 13.9. The van der Waals surface area contributed by atoms with Gasteiger partial charge in [0.2, 0.25) is 5.91 Å². The lowest BCUT2D eigenvalue weighted by atomic mass is 9.93. The molecular weight excluding hydrogens is 410 g/mol. The van der Waals surface area contributed by atoms with Crippen LogP contribution in [0, 0.1) is 19.8 Å². The highest BCUT2D eigenvalue weighted by Gasteiger charge is 2.21. The van der Waals surface area contributed by atoms with Crippen molar-refractivity contribution in [3.8, 4) is 11.1 Å². The maximum atomic E-state index is 11.4. The van der Waals surface area contributed by atoms with Gasteiger partial charge in [-0.1, -0.05) is 45.9 Å². The van der Waals surface area contributed by atoms with Gasteiger partial charge in [-0.15, -0.1) is 0 Å².